The molecule has 2 N–H and O–H groups in total. The molecule has 2 aromatic rings. The third kappa shape index (κ3) is 2.17. The van der Waals surface area contributed by atoms with Crippen molar-refractivity contribution in [2.75, 3.05) is 5.43 Å². The van der Waals surface area contributed by atoms with Crippen molar-refractivity contribution in [1.29, 1.82) is 0 Å². The van der Waals surface area contributed by atoms with Crippen LogP contribution >= 0.6 is 0 Å². The minimum atomic E-state index is 0.447. The molecule has 0 fully saturated rings. The molecule has 3 rings (SSSR count). The van der Waals surface area contributed by atoms with E-state index in [2.05, 4.69) is 30.6 Å². The van der Waals surface area contributed by atoms with E-state index in [1.807, 2.05) is 30.3 Å². The van der Waals surface area contributed by atoms with Crippen LogP contribution < -0.4 is 5.43 Å². The molecule has 0 bridgehead atoms. The first-order valence-electron chi connectivity index (χ1n) is 5.80. The second-order valence-corrected chi connectivity index (χ2v) is 4.04. The van der Waals surface area contributed by atoms with Gasteiger partial charge in [-0.15, -0.1) is 0 Å². The first kappa shape index (κ1) is 11.4. The summed E-state index contributed by atoms with van der Waals surface area (Å²) in [6, 6.07) is 9.60. The van der Waals surface area contributed by atoms with Crippen molar-refractivity contribution in [2.24, 2.45) is 10.3 Å². The molecule has 0 saturated heterocycles. The average molecular weight is 257 g/mol. The van der Waals surface area contributed by atoms with Crippen LogP contribution in [0.3, 0.4) is 0 Å². The van der Waals surface area contributed by atoms with Crippen molar-refractivity contribution in [3.8, 4) is 0 Å². The van der Waals surface area contributed by atoms with Crippen molar-refractivity contribution in [1.82, 2.24) is 10.3 Å². The quantitative estimate of drug-likeness (QED) is 0.632. The number of aromatic nitrogens is 2. The number of anilines is 1. The number of benzene rings is 1. The molecule has 7 nitrogen and oxygen atoms in total. The van der Waals surface area contributed by atoms with Crippen LogP contribution in [0.5, 0.6) is 0 Å². The van der Waals surface area contributed by atoms with Gasteiger partial charge in [0.15, 0.2) is 11.4 Å². The van der Waals surface area contributed by atoms with E-state index >= 15 is 0 Å². The van der Waals surface area contributed by atoms with Gasteiger partial charge in [0.25, 0.3) is 0 Å². The molecule has 19 heavy (non-hydrogen) atoms. The Balaban J connectivity index is 1.87. The summed E-state index contributed by atoms with van der Waals surface area (Å²) in [6.07, 6.45) is 1.16. The number of para-hydroxylation sites is 1. The van der Waals surface area contributed by atoms with Crippen molar-refractivity contribution < 1.29 is 9.84 Å². The topological polar surface area (TPSA) is 95.9 Å². The van der Waals surface area contributed by atoms with Crippen LogP contribution in [0.1, 0.15) is 24.2 Å². The first-order chi connectivity index (χ1) is 9.38. The third-order valence-electron chi connectivity index (χ3n) is 2.85. The fourth-order valence-electron chi connectivity index (χ4n) is 1.89. The fourth-order valence-corrected chi connectivity index (χ4v) is 1.89. The first-order valence-corrected chi connectivity index (χ1v) is 5.80. The molecule has 0 aliphatic heterocycles. The second kappa shape index (κ2) is 4.89. The predicted molar refractivity (Wildman–Crippen MR) is 68.5 cm³/mol. The maximum Gasteiger partial charge on any atom is 0.161 e. The van der Waals surface area contributed by atoms with E-state index in [4.69, 9.17) is 5.21 Å². The van der Waals surface area contributed by atoms with E-state index in [-0.39, 0.29) is 0 Å². The Hall–Kier alpha value is -2.70. The lowest BCUT2D eigenvalue weighted by Crippen LogP contribution is -2.19. The van der Waals surface area contributed by atoms with Gasteiger partial charge in [-0.05, 0) is 28.9 Å². The molecule has 0 unspecified atom stereocenters. The molecule has 7 heteroatoms. The Morgan fingerprint density at radius 3 is 2.47 bits per heavy atom. The molecule has 1 heterocycles. The number of nitrogens with zero attached hydrogens (tertiary/aromatic N) is 4. The molecular formula is C12H11N5O2. The van der Waals surface area contributed by atoms with E-state index < -0.39 is 0 Å². The number of fused-ring (bicyclic) bond motifs is 1. The highest BCUT2D eigenvalue weighted by molar-refractivity contribution is 6.15. The standard InChI is InChI=1S/C12H11N5O2/c18-15-10-7-6-9(11-12(10)17-19-16-11)14-13-8-4-2-1-3-5-8/h1-5,13,18H,6-7H2/b14-9+,15-10+. The lowest BCUT2D eigenvalue weighted by molar-refractivity contribution is 0.303. The molecule has 96 valence electrons. The monoisotopic (exact) mass is 257 g/mol. The molecular weight excluding hydrogens is 246 g/mol. The number of oxime groups is 1. The van der Waals surface area contributed by atoms with Crippen LogP contribution in [0.25, 0.3) is 0 Å². The number of hydrogen-bond acceptors (Lipinski definition) is 7. The second-order valence-electron chi connectivity index (χ2n) is 4.04. The lowest BCUT2D eigenvalue weighted by atomic mass is 9.97. The van der Waals surface area contributed by atoms with E-state index in [1.54, 1.807) is 0 Å². The molecule has 1 aromatic heterocycles. The van der Waals surface area contributed by atoms with Crippen LogP contribution in [0.15, 0.2) is 45.2 Å². The Kier molecular flexibility index (Phi) is 2.93. The van der Waals surface area contributed by atoms with Crippen LogP contribution in [-0.4, -0.2) is 26.9 Å². The average Bonchev–Trinajstić information content (AvgIpc) is 2.95. The van der Waals surface area contributed by atoms with E-state index in [1.165, 1.54) is 0 Å². The van der Waals surface area contributed by atoms with Gasteiger partial charge in [0.1, 0.15) is 5.71 Å². The highest BCUT2D eigenvalue weighted by atomic mass is 16.6. The van der Waals surface area contributed by atoms with Crippen molar-refractivity contribution in [3.05, 3.63) is 41.7 Å². The van der Waals surface area contributed by atoms with Crippen molar-refractivity contribution in [2.45, 2.75) is 12.8 Å². The fraction of sp³-hybridized carbons (Fsp3) is 0.167. The van der Waals surface area contributed by atoms with Crippen LogP contribution in [0.4, 0.5) is 5.69 Å². The van der Waals surface area contributed by atoms with Gasteiger partial charge in [0, 0.05) is 6.42 Å². The van der Waals surface area contributed by atoms with Crippen LogP contribution in [0, 0.1) is 0 Å². The predicted octanol–water partition coefficient (Wildman–Crippen LogP) is 1.86. The summed E-state index contributed by atoms with van der Waals surface area (Å²) in [6.45, 7) is 0. The number of hydrazone groups is 1. The lowest BCUT2D eigenvalue weighted by Gasteiger charge is -2.11. The van der Waals surface area contributed by atoms with Gasteiger partial charge in [0.05, 0.1) is 11.4 Å². The molecule has 0 atom stereocenters. The zero-order valence-electron chi connectivity index (χ0n) is 9.95. The summed E-state index contributed by atoms with van der Waals surface area (Å²) >= 11 is 0. The summed E-state index contributed by atoms with van der Waals surface area (Å²) in [5.41, 5.74) is 6.00. The molecule has 0 spiro atoms. The highest BCUT2D eigenvalue weighted by Crippen LogP contribution is 2.19. The third-order valence-corrected chi connectivity index (χ3v) is 2.85. The summed E-state index contributed by atoms with van der Waals surface area (Å²) in [4.78, 5) is 0. The van der Waals surface area contributed by atoms with Gasteiger partial charge in [-0.25, -0.2) is 4.63 Å². The molecule has 1 aliphatic rings. The van der Waals surface area contributed by atoms with Crippen LogP contribution in [0.2, 0.25) is 0 Å². The zero-order chi connectivity index (χ0) is 13.1. The smallest absolute Gasteiger partial charge is 0.161 e. The largest absolute Gasteiger partial charge is 0.411 e. The maximum absolute atomic E-state index is 8.87. The highest BCUT2D eigenvalue weighted by Gasteiger charge is 2.27. The Bertz CT molecular complexity index is 633. The molecule has 0 radical (unpaired) electrons. The number of nitrogens with one attached hydrogen (secondary N) is 1. The van der Waals surface area contributed by atoms with E-state index in [9.17, 15) is 0 Å². The zero-order valence-corrected chi connectivity index (χ0v) is 9.95. The maximum atomic E-state index is 8.87. The van der Waals surface area contributed by atoms with Crippen molar-refractivity contribution >= 4 is 17.1 Å². The minimum absolute atomic E-state index is 0.447. The summed E-state index contributed by atoms with van der Waals surface area (Å²) < 4.78 is 4.68. The van der Waals surface area contributed by atoms with Gasteiger partial charge in [-0.3, -0.25) is 5.43 Å². The van der Waals surface area contributed by atoms with Gasteiger partial charge >= 0.3 is 0 Å². The van der Waals surface area contributed by atoms with Crippen LogP contribution in [-0.2, 0) is 0 Å². The normalized spacial score (nSPS) is 18.5. The molecule has 1 aromatic carbocycles. The SMILES string of the molecule is O/N=C1\CC/C(=N\Nc2ccccc2)c2nonc21. The van der Waals surface area contributed by atoms with E-state index in [0.717, 1.165) is 11.4 Å². The van der Waals surface area contributed by atoms with Gasteiger partial charge in [0.2, 0.25) is 0 Å². The van der Waals surface area contributed by atoms with Gasteiger partial charge in [-0.1, -0.05) is 23.4 Å². The number of hydrogen-bond donors (Lipinski definition) is 2. The molecule has 0 saturated carbocycles. The summed E-state index contributed by atoms with van der Waals surface area (Å²) in [5.74, 6) is 0. The summed E-state index contributed by atoms with van der Waals surface area (Å²) in [5, 5.41) is 23.9. The van der Waals surface area contributed by atoms with E-state index in [0.29, 0.717) is 29.9 Å². The van der Waals surface area contributed by atoms with Gasteiger partial charge < -0.3 is 5.21 Å². The Morgan fingerprint density at radius 2 is 1.74 bits per heavy atom. The van der Waals surface area contributed by atoms with Gasteiger partial charge in [-0.2, -0.15) is 5.10 Å². The Morgan fingerprint density at radius 1 is 1.05 bits per heavy atom. The minimum Gasteiger partial charge on any atom is -0.411 e. The number of rotatable bonds is 2. The Labute approximate surface area is 108 Å². The summed E-state index contributed by atoms with van der Waals surface area (Å²) in [7, 11) is 0. The van der Waals surface area contributed by atoms with Crippen molar-refractivity contribution in [3.63, 3.8) is 0 Å². The molecule has 1 aliphatic carbocycles. The molecule has 0 amide bonds.